The molecule has 0 unspecified atom stereocenters. The van der Waals surface area contributed by atoms with Gasteiger partial charge in [-0.3, -0.25) is 9.78 Å². The second-order valence-electron chi connectivity index (χ2n) is 6.62. The van der Waals surface area contributed by atoms with E-state index in [2.05, 4.69) is 15.0 Å². The van der Waals surface area contributed by atoms with Crippen molar-refractivity contribution in [1.29, 1.82) is 0 Å². The lowest BCUT2D eigenvalue weighted by Crippen LogP contribution is -2.44. The zero-order valence-electron chi connectivity index (χ0n) is 15.2. The highest BCUT2D eigenvalue weighted by molar-refractivity contribution is 5.93. The first-order valence-corrected chi connectivity index (χ1v) is 9.13. The van der Waals surface area contributed by atoms with Crippen LogP contribution < -0.4 is 4.74 Å². The second-order valence-corrected chi connectivity index (χ2v) is 6.62. The molecule has 1 amide bonds. The van der Waals surface area contributed by atoms with Gasteiger partial charge in [0, 0.05) is 36.9 Å². The Morgan fingerprint density at radius 2 is 1.89 bits per heavy atom. The Morgan fingerprint density at radius 3 is 2.61 bits per heavy atom. The van der Waals surface area contributed by atoms with E-state index in [1.165, 1.54) is 12.1 Å². The third kappa shape index (κ3) is 4.14. The lowest BCUT2D eigenvalue weighted by atomic mass is 10.1. The molecule has 142 valence electrons. The Bertz CT molecular complexity index is 933. The van der Waals surface area contributed by atoms with Gasteiger partial charge in [0.1, 0.15) is 17.7 Å². The van der Waals surface area contributed by atoms with Gasteiger partial charge in [-0.2, -0.15) is 0 Å². The van der Waals surface area contributed by atoms with Crippen LogP contribution in [0.15, 0.2) is 61.2 Å². The SMILES string of the molecule is O=C(c1cnc(-c2cccnc2)nc1)N1CCC[C@H](Oc2ccc(F)cc2)C1. The number of amides is 1. The Balaban J connectivity index is 1.41. The van der Waals surface area contributed by atoms with E-state index in [0.717, 1.165) is 18.4 Å². The molecular weight excluding hydrogens is 359 g/mol. The van der Waals surface area contributed by atoms with Crippen LogP contribution in [0.4, 0.5) is 4.39 Å². The van der Waals surface area contributed by atoms with Gasteiger partial charge >= 0.3 is 0 Å². The summed E-state index contributed by atoms with van der Waals surface area (Å²) in [4.78, 5) is 27.2. The Hall–Kier alpha value is -3.35. The number of likely N-dealkylation sites (tertiary alicyclic amines) is 1. The lowest BCUT2D eigenvalue weighted by Gasteiger charge is -2.32. The van der Waals surface area contributed by atoms with Crippen molar-refractivity contribution < 1.29 is 13.9 Å². The molecule has 1 atom stereocenters. The van der Waals surface area contributed by atoms with Gasteiger partial charge < -0.3 is 9.64 Å². The number of ether oxygens (including phenoxy) is 1. The molecule has 0 aliphatic carbocycles. The average Bonchev–Trinajstić information content (AvgIpc) is 2.76. The molecule has 3 heterocycles. The molecule has 0 saturated carbocycles. The summed E-state index contributed by atoms with van der Waals surface area (Å²) in [6.45, 7) is 1.13. The van der Waals surface area contributed by atoms with Gasteiger partial charge in [-0.25, -0.2) is 14.4 Å². The molecule has 3 aromatic rings. The number of nitrogens with zero attached hydrogens (tertiary/aromatic N) is 4. The van der Waals surface area contributed by atoms with E-state index >= 15 is 0 Å². The van der Waals surface area contributed by atoms with E-state index in [1.54, 1.807) is 41.8 Å². The van der Waals surface area contributed by atoms with Crippen LogP contribution in [0.3, 0.4) is 0 Å². The summed E-state index contributed by atoms with van der Waals surface area (Å²) >= 11 is 0. The predicted molar refractivity (Wildman–Crippen MR) is 101 cm³/mol. The molecule has 0 radical (unpaired) electrons. The van der Waals surface area contributed by atoms with Gasteiger partial charge in [-0.15, -0.1) is 0 Å². The average molecular weight is 378 g/mol. The van der Waals surface area contributed by atoms with Crippen molar-refractivity contribution in [2.45, 2.75) is 18.9 Å². The van der Waals surface area contributed by atoms with Gasteiger partial charge in [-0.05, 0) is 49.2 Å². The van der Waals surface area contributed by atoms with Gasteiger partial charge in [0.15, 0.2) is 5.82 Å². The number of hydrogen-bond acceptors (Lipinski definition) is 5. The predicted octanol–water partition coefficient (Wildman–Crippen LogP) is 3.36. The maximum atomic E-state index is 13.0. The number of aromatic nitrogens is 3. The summed E-state index contributed by atoms with van der Waals surface area (Å²) in [5.74, 6) is 0.707. The van der Waals surface area contributed by atoms with Crippen LogP contribution in [0.1, 0.15) is 23.2 Å². The Labute approximate surface area is 162 Å². The summed E-state index contributed by atoms with van der Waals surface area (Å²) in [5, 5.41) is 0. The summed E-state index contributed by atoms with van der Waals surface area (Å²) in [7, 11) is 0. The zero-order chi connectivity index (χ0) is 19.3. The minimum atomic E-state index is -0.303. The molecular formula is C21H19FN4O2. The molecule has 2 aromatic heterocycles. The van der Waals surface area contributed by atoms with E-state index in [-0.39, 0.29) is 17.8 Å². The van der Waals surface area contributed by atoms with Crippen molar-refractivity contribution in [3.05, 3.63) is 72.6 Å². The van der Waals surface area contributed by atoms with Crippen molar-refractivity contribution >= 4 is 5.91 Å². The first kappa shape index (κ1) is 18.0. The number of rotatable bonds is 4. The molecule has 0 N–H and O–H groups in total. The fourth-order valence-corrected chi connectivity index (χ4v) is 3.19. The molecule has 4 rings (SSSR count). The Morgan fingerprint density at radius 1 is 1.11 bits per heavy atom. The smallest absolute Gasteiger partial charge is 0.257 e. The normalized spacial score (nSPS) is 16.6. The van der Waals surface area contributed by atoms with Crippen LogP contribution in [0, 0.1) is 5.82 Å². The summed E-state index contributed by atoms with van der Waals surface area (Å²) in [6, 6.07) is 9.60. The number of carbonyl (C=O) groups excluding carboxylic acids is 1. The van der Waals surface area contributed by atoms with Crippen LogP contribution >= 0.6 is 0 Å². The Kier molecular flexibility index (Phi) is 5.23. The third-order valence-electron chi connectivity index (χ3n) is 4.60. The minimum Gasteiger partial charge on any atom is -0.489 e. The minimum absolute atomic E-state index is 0.120. The number of halogens is 1. The highest BCUT2D eigenvalue weighted by Gasteiger charge is 2.26. The molecule has 7 heteroatoms. The van der Waals surface area contributed by atoms with E-state index < -0.39 is 0 Å². The van der Waals surface area contributed by atoms with Crippen molar-refractivity contribution in [2.24, 2.45) is 0 Å². The molecule has 1 fully saturated rings. The number of pyridine rings is 1. The van der Waals surface area contributed by atoms with Crippen LogP contribution in [-0.2, 0) is 0 Å². The van der Waals surface area contributed by atoms with Crippen LogP contribution in [-0.4, -0.2) is 45.0 Å². The summed E-state index contributed by atoms with van der Waals surface area (Å²) < 4.78 is 18.9. The molecule has 1 saturated heterocycles. The highest BCUT2D eigenvalue weighted by atomic mass is 19.1. The first-order chi connectivity index (χ1) is 13.7. The van der Waals surface area contributed by atoms with Gasteiger partial charge in [0.2, 0.25) is 0 Å². The molecule has 28 heavy (non-hydrogen) atoms. The number of piperidine rings is 1. The van der Waals surface area contributed by atoms with Crippen molar-refractivity contribution in [1.82, 2.24) is 19.9 Å². The number of benzene rings is 1. The monoisotopic (exact) mass is 378 g/mol. The fourth-order valence-electron chi connectivity index (χ4n) is 3.19. The molecule has 1 aliphatic rings. The second kappa shape index (κ2) is 8.12. The topological polar surface area (TPSA) is 68.2 Å². The van der Waals surface area contributed by atoms with Crippen molar-refractivity contribution in [3.8, 4) is 17.1 Å². The van der Waals surface area contributed by atoms with Gasteiger partial charge in [-0.1, -0.05) is 0 Å². The molecule has 6 nitrogen and oxygen atoms in total. The van der Waals surface area contributed by atoms with E-state index in [9.17, 15) is 9.18 Å². The lowest BCUT2D eigenvalue weighted by molar-refractivity contribution is 0.0537. The van der Waals surface area contributed by atoms with E-state index in [4.69, 9.17) is 4.74 Å². The summed E-state index contributed by atoms with van der Waals surface area (Å²) in [6.07, 6.45) is 8.01. The molecule has 1 aromatic carbocycles. The first-order valence-electron chi connectivity index (χ1n) is 9.13. The largest absolute Gasteiger partial charge is 0.489 e. The van der Waals surface area contributed by atoms with Gasteiger partial charge in [0.05, 0.1) is 12.1 Å². The van der Waals surface area contributed by atoms with Crippen molar-refractivity contribution in [3.63, 3.8) is 0 Å². The van der Waals surface area contributed by atoms with E-state index in [0.29, 0.717) is 30.2 Å². The quantitative estimate of drug-likeness (QED) is 0.696. The number of hydrogen-bond donors (Lipinski definition) is 0. The van der Waals surface area contributed by atoms with Crippen LogP contribution in [0.25, 0.3) is 11.4 Å². The maximum absolute atomic E-state index is 13.0. The molecule has 0 bridgehead atoms. The third-order valence-corrected chi connectivity index (χ3v) is 4.60. The van der Waals surface area contributed by atoms with Gasteiger partial charge in [0.25, 0.3) is 5.91 Å². The number of carbonyl (C=O) groups is 1. The molecule has 1 aliphatic heterocycles. The highest BCUT2D eigenvalue weighted by Crippen LogP contribution is 2.20. The zero-order valence-corrected chi connectivity index (χ0v) is 15.2. The van der Waals surface area contributed by atoms with Crippen LogP contribution in [0.5, 0.6) is 5.75 Å². The summed E-state index contributed by atoms with van der Waals surface area (Å²) in [5.41, 5.74) is 1.24. The van der Waals surface area contributed by atoms with E-state index in [1.807, 2.05) is 12.1 Å². The standard InChI is InChI=1S/C21H19FN4O2/c22-17-5-7-18(8-6-17)28-19-4-2-10-26(14-19)21(27)16-12-24-20(25-13-16)15-3-1-9-23-11-15/h1,3,5-9,11-13,19H,2,4,10,14H2/t19-/m0/s1. The fraction of sp³-hybridized carbons (Fsp3) is 0.238. The van der Waals surface area contributed by atoms with Crippen LogP contribution in [0.2, 0.25) is 0 Å². The maximum Gasteiger partial charge on any atom is 0.257 e. The van der Waals surface area contributed by atoms with Crippen molar-refractivity contribution in [2.75, 3.05) is 13.1 Å². The molecule has 0 spiro atoms.